The number of hydrogen-bond donors (Lipinski definition) is 1. The van der Waals surface area contributed by atoms with Crippen molar-refractivity contribution in [2.45, 2.75) is 51.6 Å². The van der Waals surface area contributed by atoms with E-state index >= 15 is 0 Å². The van der Waals surface area contributed by atoms with Crippen LogP contribution in [0.15, 0.2) is 153 Å². The van der Waals surface area contributed by atoms with E-state index in [0.717, 1.165) is 42.5 Å². The molecule has 0 radical (unpaired) electrons. The summed E-state index contributed by atoms with van der Waals surface area (Å²) in [5, 5.41) is 18.2. The third-order valence-corrected chi connectivity index (χ3v) is 11.2. The lowest BCUT2D eigenvalue weighted by Gasteiger charge is -2.18. The highest BCUT2D eigenvalue weighted by Gasteiger charge is 2.32. The Morgan fingerprint density at radius 3 is 1.30 bits per heavy atom. The number of benzene rings is 4. The van der Waals surface area contributed by atoms with Crippen LogP contribution in [0.3, 0.4) is 0 Å². The van der Waals surface area contributed by atoms with E-state index in [9.17, 15) is 50.6 Å². The SMILES string of the molecule is [C-]#[N+]c1ccc(-n2nccc2-c2cn(-c3cccc(C(F)(F)F)c3)c(=O)n([C@H](C)CC)c2=O)cc1.[C-]#[N+]c1ccc(-n2nccc2-c2cn(-c3cccc(C(F)(F)F)c3)c(=O)n([C@H](C)CO)c2=O)cc1. The fourth-order valence-corrected chi connectivity index (χ4v) is 7.33. The zero-order valence-electron chi connectivity index (χ0n) is 37.1. The predicted molar refractivity (Wildman–Crippen MR) is 247 cm³/mol. The number of aliphatic hydroxyl groups excluding tert-OH is 1. The van der Waals surface area contributed by atoms with Crippen molar-refractivity contribution >= 4 is 11.4 Å². The van der Waals surface area contributed by atoms with Crippen LogP contribution >= 0.6 is 0 Å². The predicted octanol–water partition coefficient (Wildman–Crippen LogP) is 9.37. The van der Waals surface area contributed by atoms with E-state index in [0.29, 0.717) is 34.9 Å². The number of aromatic nitrogens is 8. The lowest BCUT2D eigenvalue weighted by atomic mass is 10.1. The van der Waals surface area contributed by atoms with Gasteiger partial charge < -0.3 is 5.11 Å². The highest BCUT2D eigenvalue weighted by Crippen LogP contribution is 2.32. The third-order valence-electron chi connectivity index (χ3n) is 11.2. The highest BCUT2D eigenvalue weighted by molar-refractivity contribution is 5.63. The van der Waals surface area contributed by atoms with Gasteiger partial charge in [-0.05, 0) is 93.1 Å². The minimum Gasteiger partial charge on any atom is -0.394 e. The summed E-state index contributed by atoms with van der Waals surface area (Å²) in [6.45, 7) is 18.6. The van der Waals surface area contributed by atoms with Crippen molar-refractivity contribution in [3.05, 3.63) is 210 Å². The zero-order valence-corrected chi connectivity index (χ0v) is 37.1. The quantitative estimate of drug-likeness (QED) is 0.106. The molecule has 1 N–H and O–H groups in total. The van der Waals surface area contributed by atoms with Gasteiger partial charge in [0.1, 0.15) is 0 Å². The van der Waals surface area contributed by atoms with Gasteiger partial charge in [-0.15, -0.1) is 0 Å². The minimum absolute atomic E-state index is 0.0180. The first kappa shape index (κ1) is 49.1. The molecule has 0 saturated carbocycles. The van der Waals surface area contributed by atoms with Crippen LogP contribution in [0.1, 0.15) is 50.4 Å². The topological polar surface area (TPSA) is 153 Å². The molecule has 15 nitrogen and oxygen atoms in total. The van der Waals surface area contributed by atoms with Crippen molar-refractivity contribution < 1.29 is 31.4 Å². The normalized spacial score (nSPS) is 12.3. The summed E-state index contributed by atoms with van der Waals surface area (Å²) in [6, 6.07) is 23.2. The van der Waals surface area contributed by atoms with Gasteiger partial charge in [0.25, 0.3) is 11.1 Å². The molecule has 0 spiro atoms. The number of nitrogens with zero attached hydrogens (tertiary/aromatic N) is 10. The Morgan fingerprint density at radius 1 is 0.571 bits per heavy atom. The van der Waals surface area contributed by atoms with Gasteiger partial charge in [-0.2, -0.15) is 36.5 Å². The van der Waals surface area contributed by atoms with E-state index in [1.807, 2.05) is 0 Å². The molecule has 21 heteroatoms. The molecular formula is C49H38F6N10O5. The molecule has 0 saturated heterocycles. The van der Waals surface area contributed by atoms with Crippen LogP contribution in [0.25, 0.3) is 55.0 Å². The molecule has 0 amide bonds. The first-order chi connectivity index (χ1) is 33.3. The van der Waals surface area contributed by atoms with Gasteiger partial charge in [-0.1, -0.05) is 43.3 Å². The van der Waals surface area contributed by atoms with Crippen molar-refractivity contribution in [1.82, 2.24) is 37.8 Å². The molecule has 70 heavy (non-hydrogen) atoms. The second-order valence-corrected chi connectivity index (χ2v) is 15.6. The molecule has 0 bridgehead atoms. The molecular weight excluding hydrogens is 923 g/mol. The Kier molecular flexibility index (Phi) is 13.9. The highest BCUT2D eigenvalue weighted by atomic mass is 19.4. The summed E-state index contributed by atoms with van der Waals surface area (Å²) >= 11 is 0. The van der Waals surface area contributed by atoms with Crippen LogP contribution in [-0.4, -0.2) is 49.5 Å². The molecule has 8 rings (SSSR count). The average Bonchev–Trinajstić information content (AvgIpc) is 4.05. The van der Waals surface area contributed by atoms with Gasteiger partial charge in [0.15, 0.2) is 11.4 Å². The molecule has 0 unspecified atom stereocenters. The number of halogens is 6. The molecule has 0 aliphatic heterocycles. The van der Waals surface area contributed by atoms with E-state index < -0.39 is 64.7 Å². The van der Waals surface area contributed by atoms with Crippen LogP contribution in [0.5, 0.6) is 0 Å². The van der Waals surface area contributed by atoms with Crippen molar-refractivity contribution in [2.75, 3.05) is 6.61 Å². The van der Waals surface area contributed by atoms with Crippen molar-refractivity contribution in [1.29, 1.82) is 0 Å². The Hall–Kier alpha value is -8.82. The van der Waals surface area contributed by atoms with Gasteiger partial charge in [0, 0.05) is 18.4 Å². The number of aliphatic hydroxyl groups is 1. The first-order valence-corrected chi connectivity index (χ1v) is 21.1. The van der Waals surface area contributed by atoms with E-state index in [-0.39, 0.29) is 28.2 Å². The summed E-state index contributed by atoms with van der Waals surface area (Å²) in [5.41, 5.74) is -2.31. The average molecular weight is 961 g/mol. The number of alkyl halides is 6. The maximum Gasteiger partial charge on any atom is 0.416 e. The largest absolute Gasteiger partial charge is 0.416 e. The van der Waals surface area contributed by atoms with Crippen LogP contribution in [0.2, 0.25) is 0 Å². The Labute approximate surface area is 392 Å². The second-order valence-electron chi connectivity index (χ2n) is 15.6. The molecule has 8 aromatic rings. The van der Waals surface area contributed by atoms with E-state index in [4.69, 9.17) is 13.1 Å². The third kappa shape index (κ3) is 9.77. The standard InChI is InChI=1S/C25H20F3N5O2.C24H18F3N5O3/c1-4-16(2)32-23(34)21(22-12-13-30-33(22)19-10-8-18(29-3)9-11-19)15-31(24(32)35)20-7-5-6-17(14-20)25(26,27)28;1-15(14-33)31-22(34)20(21-10-11-29-32(21)18-8-6-17(28-2)7-9-18)13-30(23(31)35)19-5-3-4-16(12-19)24(25,26)27/h5-16H,4H2,1-2H3;3-13,15,33H,14H2,1H3/t16-;15-/m11/s1. The molecule has 4 aromatic carbocycles. The van der Waals surface area contributed by atoms with E-state index in [1.54, 1.807) is 68.4 Å². The van der Waals surface area contributed by atoms with Gasteiger partial charge in [0.2, 0.25) is 0 Å². The monoisotopic (exact) mass is 960 g/mol. The van der Waals surface area contributed by atoms with Crippen molar-refractivity contribution in [3.8, 4) is 45.3 Å². The van der Waals surface area contributed by atoms with Crippen LogP contribution in [-0.2, 0) is 12.4 Å². The van der Waals surface area contributed by atoms with Gasteiger partial charge in [-0.3, -0.25) is 27.9 Å². The summed E-state index contributed by atoms with van der Waals surface area (Å²) in [7, 11) is 0. The Balaban J connectivity index is 0.000000206. The smallest absolute Gasteiger partial charge is 0.394 e. The number of hydrogen-bond acceptors (Lipinski definition) is 7. The molecule has 4 aromatic heterocycles. The Bertz CT molecular complexity index is 3320. The molecule has 356 valence electrons. The summed E-state index contributed by atoms with van der Waals surface area (Å²) < 4.78 is 86.7. The van der Waals surface area contributed by atoms with Gasteiger partial charge >= 0.3 is 23.7 Å². The molecule has 2 atom stereocenters. The minimum atomic E-state index is -4.63. The van der Waals surface area contributed by atoms with Crippen LogP contribution in [0, 0.1) is 13.1 Å². The second kappa shape index (κ2) is 19.8. The summed E-state index contributed by atoms with van der Waals surface area (Å²) in [6.07, 6.45) is -3.45. The van der Waals surface area contributed by atoms with Gasteiger partial charge in [0.05, 0.1) is 94.6 Å². The fourth-order valence-electron chi connectivity index (χ4n) is 7.33. The lowest BCUT2D eigenvalue weighted by molar-refractivity contribution is -0.138. The van der Waals surface area contributed by atoms with E-state index in [2.05, 4.69) is 19.9 Å². The summed E-state index contributed by atoms with van der Waals surface area (Å²) in [4.78, 5) is 60.0. The molecule has 0 fully saturated rings. The maximum atomic E-state index is 13.5. The Morgan fingerprint density at radius 2 is 0.957 bits per heavy atom. The lowest BCUT2D eigenvalue weighted by Crippen LogP contribution is -2.42. The maximum absolute atomic E-state index is 13.5. The summed E-state index contributed by atoms with van der Waals surface area (Å²) in [5.74, 6) is 0. The van der Waals surface area contributed by atoms with Crippen LogP contribution < -0.4 is 22.5 Å². The molecule has 4 heterocycles. The van der Waals surface area contributed by atoms with Crippen LogP contribution in [0.4, 0.5) is 37.7 Å². The van der Waals surface area contributed by atoms with E-state index in [1.165, 1.54) is 71.4 Å². The number of rotatable bonds is 10. The van der Waals surface area contributed by atoms with Crippen molar-refractivity contribution in [3.63, 3.8) is 0 Å². The first-order valence-electron chi connectivity index (χ1n) is 21.1. The molecule has 0 aliphatic rings. The van der Waals surface area contributed by atoms with Crippen molar-refractivity contribution in [2.24, 2.45) is 0 Å². The van der Waals surface area contributed by atoms with Gasteiger partial charge in [-0.25, -0.2) is 28.6 Å². The molecule has 0 aliphatic carbocycles. The zero-order chi connectivity index (χ0) is 50.7. The fraction of sp³-hybridized carbons (Fsp3) is 0.184.